The van der Waals surface area contributed by atoms with Gasteiger partial charge >= 0.3 is 0 Å². The Morgan fingerprint density at radius 3 is 1.61 bits per heavy atom. The molecule has 0 spiro atoms. The third-order valence-corrected chi connectivity index (χ3v) is 11.0. The number of hydrogen-bond acceptors (Lipinski definition) is 2. The summed E-state index contributed by atoms with van der Waals surface area (Å²) in [5.41, 5.74) is 9.99. The summed E-state index contributed by atoms with van der Waals surface area (Å²) in [7, 11) is 0. The van der Waals surface area contributed by atoms with Gasteiger partial charge in [-0.25, -0.2) is 0 Å². The Labute approximate surface area is 312 Å². The topological polar surface area (TPSA) is 16.4 Å². The van der Waals surface area contributed by atoms with E-state index in [9.17, 15) is 0 Å². The second-order valence-corrected chi connectivity index (χ2v) is 14.1. The fourth-order valence-corrected chi connectivity index (χ4v) is 8.51. The van der Waals surface area contributed by atoms with Crippen LogP contribution >= 0.6 is 0 Å². The largest absolute Gasteiger partial charge is 0.456 e. The van der Waals surface area contributed by atoms with Crippen LogP contribution in [0.15, 0.2) is 205 Å². The van der Waals surface area contributed by atoms with E-state index in [1.807, 2.05) is 6.07 Å². The lowest BCUT2D eigenvalue weighted by molar-refractivity contribution is 0.669. The molecule has 0 amide bonds. The normalized spacial score (nSPS) is 11.7. The number of rotatable bonds is 5. The summed E-state index contributed by atoms with van der Waals surface area (Å²) >= 11 is 0. The maximum absolute atomic E-state index is 6.40. The lowest BCUT2D eigenvalue weighted by Crippen LogP contribution is -2.10. The molecule has 2 heteroatoms. The Morgan fingerprint density at radius 1 is 0.296 bits per heavy atom. The Morgan fingerprint density at radius 2 is 0.833 bits per heavy atom. The molecule has 0 fully saturated rings. The van der Waals surface area contributed by atoms with Gasteiger partial charge < -0.3 is 9.32 Å². The van der Waals surface area contributed by atoms with Crippen molar-refractivity contribution in [3.63, 3.8) is 0 Å². The first-order chi connectivity index (χ1) is 26.8. The van der Waals surface area contributed by atoms with Crippen molar-refractivity contribution in [3.05, 3.63) is 200 Å². The number of fused-ring (bicyclic) bond motifs is 11. The highest BCUT2D eigenvalue weighted by Crippen LogP contribution is 2.46. The van der Waals surface area contributed by atoms with Gasteiger partial charge in [-0.1, -0.05) is 152 Å². The van der Waals surface area contributed by atoms with Gasteiger partial charge in [0.05, 0.1) is 5.69 Å². The molecule has 0 saturated heterocycles. The average molecular weight is 688 g/mol. The summed E-state index contributed by atoms with van der Waals surface area (Å²) in [6.07, 6.45) is 0. The van der Waals surface area contributed by atoms with Crippen molar-refractivity contribution in [1.82, 2.24) is 0 Å². The molecule has 1 aromatic heterocycles. The van der Waals surface area contributed by atoms with Crippen LogP contribution in [0, 0.1) is 0 Å². The minimum absolute atomic E-state index is 0.913. The van der Waals surface area contributed by atoms with Crippen LogP contribution in [0.25, 0.3) is 87.3 Å². The SMILES string of the molecule is c1ccc(-c2ccc(-c3ccc(N(c4ccc5c6ccccc6c6c(ccc7oc8ccccc8c76)c5c4)c4cccc5ccccc45)cc3)cc2)cc1. The summed E-state index contributed by atoms with van der Waals surface area (Å²) < 4.78 is 6.40. The van der Waals surface area contributed by atoms with E-state index in [2.05, 4.69) is 199 Å². The highest BCUT2D eigenvalue weighted by molar-refractivity contribution is 6.34. The van der Waals surface area contributed by atoms with Gasteiger partial charge in [-0.2, -0.15) is 0 Å². The molecule has 0 radical (unpaired) electrons. The van der Waals surface area contributed by atoms with Crippen molar-refractivity contribution in [2.24, 2.45) is 0 Å². The van der Waals surface area contributed by atoms with E-state index in [1.165, 1.54) is 70.7 Å². The molecule has 0 bridgehead atoms. The van der Waals surface area contributed by atoms with Gasteiger partial charge in [0.1, 0.15) is 11.2 Å². The van der Waals surface area contributed by atoms with Crippen LogP contribution in [0.3, 0.4) is 0 Å². The second kappa shape index (κ2) is 12.2. The van der Waals surface area contributed by atoms with Crippen LogP contribution in [-0.2, 0) is 0 Å². The number of nitrogens with zero attached hydrogens (tertiary/aromatic N) is 1. The molecule has 252 valence electrons. The van der Waals surface area contributed by atoms with E-state index in [1.54, 1.807) is 0 Å². The van der Waals surface area contributed by atoms with E-state index in [-0.39, 0.29) is 0 Å². The summed E-state index contributed by atoms with van der Waals surface area (Å²) in [6.45, 7) is 0. The number of furan rings is 1. The molecule has 0 aliphatic rings. The molecule has 10 aromatic carbocycles. The van der Waals surface area contributed by atoms with Crippen molar-refractivity contribution in [1.29, 1.82) is 0 Å². The first-order valence-electron chi connectivity index (χ1n) is 18.5. The monoisotopic (exact) mass is 687 g/mol. The number of benzene rings is 10. The van der Waals surface area contributed by atoms with Gasteiger partial charge in [0.2, 0.25) is 0 Å². The van der Waals surface area contributed by atoms with Crippen molar-refractivity contribution in [3.8, 4) is 22.3 Å². The van der Waals surface area contributed by atoms with Gasteiger partial charge in [0, 0.05) is 32.9 Å². The van der Waals surface area contributed by atoms with E-state index in [4.69, 9.17) is 4.42 Å². The lowest BCUT2D eigenvalue weighted by Gasteiger charge is -2.27. The summed E-state index contributed by atoms with van der Waals surface area (Å²) in [6, 6.07) is 72.2. The summed E-state index contributed by atoms with van der Waals surface area (Å²) in [4.78, 5) is 2.41. The molecule has 0 atom stereocenters. The number of anilines is 3. The maximum Gasteiger partial charge on any atom is 0.136 e. The molecule has 11 aromatic rings. The molecule has 54 heavy (non-hydrogen) atoms. The zero-order chi connectivity index (χ0) is 35.6. The maximum atomic E-state index is 6.40. The first-order valence-corrected chi connectivity index (χ1v) is 18.5. The molecule has 1 heterocycles. The van der Waals surface area contributed by atoms with Gasteiger partial charge in [0.25, 0.3) is 0 Å². The standard InChI is InChI=1S/C52H33NO/c1-2-11-34(12-3-1)35-21-23-36(24-22-35)37-25-27-39(28-26-37)53(48-19-10-14-38-13-4-5-15-41(38)48)40-29-30-43-42-16-6-7-17-44(42)51-45(47(43)33-40)31-32-50-52(51)46-18-8-9-20-49(46)54-50/h1-33H. The molecular weight excluding hydrogens is 655 g/mol. The first kappa shape index (κ1) is 30.5. The number of hydrogen-bond donors (Lipinski definition) is 0. The van der Waals surface area contributed by atoms with Crippen LogP contribution in [0.1, 0.15) is 0 Å². The quantitative estimate of drug-likeness (QED) is 0.168. The minimum Gasteiger partial charge on any atom is -0.456 e. The van der Waals surface area contributed by atoms with Crippen LogP contribution < -0.4 is 4.90 Å². The average Bonchev–Trinajstić information content (AvgIpc) is 3.63. The third-order valence-electron chi connectivity index (χ3n) is 11.0. The van der Waals surface area contributed by atoms with Crippen LogP contribution in [-0.4, -0.2) is 0 Å². The zero-order valence-corrected chi connectivity index (χ0v) is 29.4. The molecule has 0 aliphatic heterocycles. The Hall–Kier alpha value is -7.16. The third kappa shape index (κ3) is 4.81. The Bertz CT molecular complexity index is 3190. The number of para-hydroxylation sites is 1. The van der Waals surface area contributed by atoms with Crippen molar-refractivity contribution in [2.75, 3.05) is 4.90 Å². The van der Waals surface area contributed by atoms with Gasteiger partial charge in [-0.15, -0.1) is 0 Å². The van der Waals surface area contributed by atoms with Gasteiger partial charge in [-0.05, 0) is 103 Å². The fourth-order valence-electron chi connectivity index (χ4n) is 8.51. The lowest BCUT2D eigenvalue weighted by atomic mass is 9.91. The van der Waals surface area contributed by atoms with Crippen LogP contribution in [0.4, 0.5) is 17.1 Å². The van der Waals surface area contributed by atoms with Crippen LogP contribution in [0.5, 0.6) is 0 Å². The van der Waals surface area contributed by atoms with Gasteiger partial charge in [-0.3, -0.25) is 0 Å². The van der Waals surface area contributed by atoms with E-state index in [0.29, 0.717) is 0 Å². The van der Waals surface area contributed by atoms with E-state index in [0.717, 1.165) is 33.6 Å². The van der Waals surface area contributed by atoms with Gasteiger partial charge in [0.15, 0.2) is 0 Å². The molecular formula is C52H33NO. The van der Waals surface area contributed by atoms with Crippen molar-refractivity contribution >= 4 is 82.1 Å². The molecule has 0 N–H and O–H groups in total. The second-order valence-electron chi connectivity index (χ2n) is 14.1. The summed E-state index contributed by atoms with van der Waals surface area (Å²) in [5.74, 6) is 0. The van der Waals surface area contributed by atoms with Crippen molar-refractivity contribution < 1.29 is 4.42 Å². The molecule has 2 nitrogen and oxygen atoms in total. The highest BCUT2D eigenvalue weighted by Gasteiger charge is 2.20. The predicted octanol–water partition coefficient (Wildman–Crippen LogP) is 15.0. The smallest absolute Gasteiger partial charge is 0.136 e. The molecule has 0 unspecified atom stereocenters. The van der Waals surface area contributed by atoms with E-state index < -0.39 is 0 Å². The molecule has 0 saturated carbocycles. The molecule has 0 aliphatic carbocycles. The predicted molar refractivity (Wildman–Crippen MR) is 229 cm³/mol. The molecule has 11 rings (SSSR count). The van der Waals surface area contributed by atoms with Crippen LogP contribution in [0.2, 0.25) is 0 Å². The highest BCUT2D eigenvalue weighted by atomic mass is 16.3. The Kier molecular flexibility index (Phi) is 6.90. The minimum atomic E-state index is 0.913. The Balaban J connectivity index is 1.12. The summed E-state index contributed by atoms with van der Waals surface area (Å²) in [5, 5.41) is 12.1. The zero-order valence-electron chi connectivity index (χ0n) is 29.4. The fraction of sp³-hybridized carbons (Fsp3) is 0. The van der Waals surface area contributed by atoms with E-state index >= 15 is 0 Å². The van der Waals surface area contributed by atoms with Crippen molar-refractivity contribution in [2.45, 2.75) is 0 Å².